The van der Waals surface area contributed by atoms with Crippen molar-refractivity contribution >= 4 is 5.78 Å². The van der Waals surface area contributed by atoms with Crippen LogP contribution < -0.4 is 5.32 Å². The van der Waals surface area contributed by atoms with Gasteiger partial charge in [0.15, 0.2) is 5.76 Å². The van der Waals surface area contributed by atoms with Crippen LogP contribution in [-0.2, 0) is 9.53 Å². The van der Waals surface area contributed by atoms with Gasteiger partial charge in [0.2, 0.25) is 5.78 Å². The van der Waals surface area contributed by atoms with Crippen LogP contribution in [-0.4, -0.2) is 25.0 Å². The minimum Gasteiger partial charge on any atom is -0.490 e. The first-order valence-electron chi connectivity index (χ1n) is 4.14. The second-order valence-electron chi connectivity index (χ2n) is 3.41. The third-order valence-electron chi connectivity index (χ3n) is 2.12. The van der Waals surface area contributed by atoms with Crippen molar-refractivity contribution in [2.24, 2.45) is 0 Å². The van der Waals surface area contributed by atoms with Crippen molar-refractivity contribution in [3.63, 3.8) is 0 Å². The fourth-order valence-electron chi connectivity index (χ4n) is 0.998. The molecular formula is C9H15NO2. The van der Waals surface area contributed by atoms with E-state index in [4.69, 9.17) is 4.74 Å². The molecule has 1 aliphatic rings. The van der Waals surface area contributed by atoms with E-state index in [1.165, 1.54) is 0 Å². The molecule has 0 amide bonds. The predicted octanol–water partition coefficient (Wildman–Crippen LogP) is 0.858. The zero-order chi connectivity index (χ0) is 9.19. The summed E-state index contributed by atoms with van der Waals surface area (Å²) >= 11 is 0. The van der Waals surface area contributed by atoms with Gasteiger partial charge in [0.05, 0.1) is 12.1 Å². The molecule has 0 spiro atoms. The van der Waals surface area contributed by atoms with Gasteiger partial charge in [-0.15, -0.1) is 0 Å². The number of hydrogen-bond donors (Lipinski definition) is 1. The van der Waals surface area contributed by atoms with Gasteiger partial charge in [0.1, 0.15) is 0 Å². The zero-order valence-electron chi connectivity index (χ0n) is 7.81. The van der Waals surface area contributed by atoms with Crippen molar-refractivity contribution in [1.82, 2.24) is 5.32 Å². The monoisotopic (exact) mass is 169 g/mol. The number of carbonyl (C=O) groups is 1. The smallest absolute Gasteiger partial charge is 0.216 e. The summed E-state index contributed by atoms with van der Waals surface area (Å²) in [7, 11) is 1.77. The molecule has 0 saturated heterocycles. The van der Waals surface area contributed by atoms with Crippen LogP contribution in [0.25, 0.3) is 0 Å². The Morgan fingerprint density at radius 3 is 2.75 bits per heavy atom. The van der Waals surface area contributed by atoms with Crippen LogP contribution in [0.2, 0.25) is 0 Å². The normalized spacial score (nSPS) is 17.1. The summed E-state index contributed by atoms with van der Waals surface area (Å²) in [4.78, 5) is 11.6. The summed E-state index contributed by atoms with van der Waals surface area (Å²) in [5, 5.41) is 2.95. The second kappa shape index (κ2) is 3.27. The van der Waals surface area contributed by atoms with E-state index in [0.29, 0.717) is 12.4 Å². The third-order valence-corrected chi connectivity index (χ3v) is 2.12. The Kier molecular flexibility index (Phi) is 2.52. The summed E-state index contributed by atoms with van der Waals surface area (Å²) in [6.07, 6.45) is 2.70. The van der Waals surface area contributed by atoms with Crippen molar-refractivity contribution in [2.75, 3.05) is 13.7 Å². The summed E-state index contributed by atoms with van der Waals surface area (Å²) in [5.74, 6) is 0.539. The minimum atomic E-state index is -0.518. The number of rotatable bonds is 3. The van der Waals surface area contributed by atoms with E-state index < -0.39 is 5.54 Å². The van der Waals surface area contributed by atoms with Gasteiger partial charge in [0, 0.05) is 6.42 Å². The van der Waals surface area contributed by atoms with Gasteiger partial charge >= 0.3 is 0 Å². The number of carbonyl (C=O) groups excluding carboxylic acids is 1. The van der Waals surface area contributed by atoms with Gasteiger partial charge < -0.3 is 10.1 Å². The summed E-state index contributed by atoms with van der Waals surface area (Å²) < 4.78 is 5.17. The first kappa shape index (κ1) is 9.26. The second-order valence-corrected chi connectivity index (χ2v) is 3.41. The van der Waals surface area contributed by atoms with Gasteiger partial charge in [-0.05, 0) is 27.0 Å². The lowest BCUT2D eigenvalue weighted by molar-refractivity contribution is -0.123. The fourth-order valence-corrected chi connectivity index (χ4v) is 0.998. The van der Waals surface area contributed by atoms with E-state index in [1.54, 1.807) is 7.05 Å². The Morgan fingerprint density at radius 2 is 2.33 bits per heavy atom. The lowest BCUT2D eigenvalue weighted by atomic mass is 9.98. The molecule has 1 rings (SSSR count). The maximum absolute atomic E-state index is 11.6. The molecule has 0 aromatic heterocycles. The average Bonchev–Trinajstić information content (AvgIpc) is 2.55. The zero-order valence-corrected chi connectivity index (χ0v) is 7.81. The van der Waals surface area contributed by atoms with Crippen LogP contribution in [0.3, 0.4) is 0 Å². The van der Waals surface area contributed by atoms with Crippen molar-refractivity contribution in [3.05, 3.63) is 11.8 Å². The third kappa shape index (κ3) is 1.67. The van der Waals surface area contributed by atoms with Crippen molar-refractivity contribution < 1.29 is 9.53 Å². The Bertz CT molecular complexity index is 219. The van der Waals surface area contributed by atoms with Gasteiger partial charge in [-0.3, -0.25) is 4.79 Å². The minimum absolute atomic E-state index is 0.0301. The number of Topliss-reactive ketones (excluding diaryl/α,β-unsaturated/α-hetero) is 1. The van der Waals surface area contributed by atoms with E-state index in [9.17, 15) is 4.79 Å². The number of ketones is 1. The lowest BCUT2D eigenvalue weighted by Crippen LogP contribution is -2.45. The molecule has 1 heterocycles. The van der Waals surface area contributed by atoms with Crippen LogP contribution in [0, 0.1) is 0 Å². The molecule has 0 aromatic carbocycles. The topological polar surface area (TPSA) is 38.3 Å². The highest BCUT2D eigenvalue weighted by molar-refractivity contribution is 6.00. The van der Waals surface area contributed by atoms with E-state index in [1.807, 2.05) is 19.9 Å². The quantitative estimate of drug-likeness (QED) is 0.681. The molecule has 0 atom stereocenters. The highest BCUT2D eigenvalue weighted by Crippen LogP contribution is 2.16. The average molecular weight is 169 g/mol. The van der Waals surface area contributed by atoms with E-state index in [2.05, 4.69) is 5.32 Å². The molecule has 0 aliphatic carbocycles. The molecule has 0 fully saturated rings. The Hall–Kier alpha value is -0.830. The van der Waals surface area contributed by atoms with Crippen molar-refractivity contribution in [2.45, 2.75) is 25.8 Å². The Morgan fingerprint density at radius 1 is 1.67 bits per heavy atom. The molecule has 12 heavy (non-hydrogen) atoms. The highest BCUT2D eigenvalue weighted by atomic mass is 16.5. The molecule has 0 radical (unpaired) electrons. The largest absolute Gasteiger partial charge is 0.490 e. The predicted molar refractivity (Wildman–Crippen MR) is 46.8 cm³/mol. The fraction of sp³-hybridized carbons (Fsp3) is 0.667. The number of nitrogens with one attached hydrogen (secondary N) is 1. The van der Waals surface area contributed by atoms with Crippen LogP contribution in [0.5, 0.6) is 0 Å². The Balaban J connectivity index is 2.70. The van der Waals surface area contributed by atoms with Crippen molar-refractivity contribution in [3.8, 4) is 0 Å². The number of hydrogen-bond acceptors (Lipinski definition) is 3. The van der Waals surface area contributed by atoms with Crippen molar-refractivity contribution in [1.29, 1.82) is 0 Å². The first-order valence-corrected chi connectivity index (χ1v) is 4.14. The summed E-state index contributed by atoms with van der Waals surface area (Å²) in [5.41, 5.74) is -0.518. The molecule has 0 aromatic rings. The molecular weight excluding hydrogens is 154 g/mol. The molecule has 0 saturated carbocycles. The van der Waals surface area contributed by atoms with Crippen LogP contribution in [0.1, 0.15) is 20.3 Å². The number of ether oxygens (including phenoxy) is 1. The first-order chi connectivity index (χ1) is 5.58. The molecule has 1 N–H and O–H groups in total. The highest BCUT2D eigenvalue weighted by Gasteiger charge is 2.30. The van der Waals surface area contributed by atoms with E-state index in [-0.39, 0.29) is 5.78 Å². The maximum Gasteiger partial charge on any atom is 0.216 e. The van der Waals surface area contributed by atoms with Crippen LogP contribution in [0.15, 0.2) is 11.8 Å². The molecule has 0 unspecified atom stereocenters. The summed E-state index contributed by atoms with van der Waals surface area (Å²) in [6.45, 7) is 4.33. The summed E-state index contributed by atoms with van der Waals surface area (Å²) in [6, 6.07) is 0. The standard InChI is InChI=1S/C9H15NO2/c1-9(2,10-3)8(11)7-5-4-6-12-7/h5,10H,4,6H2,1-3H3. The molecule has 0 bridgehead atoms. The van der Waals surface area contributed by atoms with Crippen LogP contribution in [0.4, 0.5) is 0 Å². The van der Waals surface area contributed by atoms with Crippen LogP contribution >= 0.6 is 0 Å². The molecule has 3 nitrogen and oxygen atoms in total. The number of likely N-dealkylation sites (N-methyl/N-ethyl adjacent to an activating group) is 1. The molecule has 1 aliphatic heterocycles. The molecule has 68 valence electrons. The Labute approximate surface area is 72.8 Å². The van der Waals surface area contributed by atoms with E-state index >= 15 is 0 Å². The lowest BCUT2D eigenvalue weighted by Gasteiger charge is -2.22. The van der Waals surface area contributed by atoms with Gasteiger partial charge in [-0.2, -0.15) is 0 Å². The van der Waals surface area contributed by atoms with Gasteiger partial charge in [-0.1, -0.05) is 0 Å². The maximum atomic E-state index is 11.6. The van der Waals surface area contributed by atoms with E-state index in [0.717, 1.165) is 6.42 Å². The van der Waals surface area contributed by atoms with Gasteiger partial charge in [-0.25, -0.2) is 0 Å². The molecule has 3 heteroatoms. The SMILES string of the molecule is CNC(C)(C)C(=O)C1=CCCO1. The van der Waals surface area contributed by atoms with Gasteiger partial charge in [0.25, 0.3) is 0 Å².